The molecule has 0 bridgehead atoms. The summed E-state index contributed by atoms with van der Waals surface area (Å²) in [7, 11) is 0. The number of rotatable bonds is 4. The van der Waals surface area contributed by atoms with E-state index in [9.17, 15) is 4.79 Å². The number of carbonyl (C=O) groups excluding carboxylic acids is 1. The van der Waals surface area contributed by atoms with Crippen LogP contribution in [-0.2, 0) is 24.2 Å². The van der Waals surface area contributed by atoms with Crippen LogP contribution in [0.3, 0.4) is 0 Å². The Hall–Kier alpha value is -2.61. The first-order valence-electron chi connectivity index (χ1n) is 9.55. The van der Waals surface area contributed by atoms with Crippen molar-refractivity contribution in [2.75, 3.05) is 23.3 Å². The highest BCUT2D eigenvalue weighted by molar-refractivity contribution is 5.93. The molecular formula is C19H26N6O2. The van der Waals surface area contributed by atoms with Gasteiger partial charge in [-0.1, -0.05) is 12.1 Å². The highest BCUT2D eigenvalue weighted by atomic mass is 16.5. The quantitative estimate of drug-likeness (QED) is 0.862. The van der Waals surface area contributed by atoms with Crippen LogP contribution in [0.1, 0.15) is 31.9 Å². The van der Waals surface area contributed by atoms with Gasteiger partial charge in [0, 0.05) is 26.1 Å². The Morgan fingerprint density at radius 3 is 2.81 bits per heavy atom. The smallest absolute Gasteiger partial charge is 0.319 e. The number of hydrogen-bond donors (Lipinski definition) is 2. The minimum absolute atomic E-state index is 0.158. The first-order valence-corrected chi connectivity index (χ1v) is 9.55. The number of aryl methyl sites for hydroxylation is 1. The maximum atomic E-state index is 12.4. The van der Waals surface area contributed by atoms with Gasteiger partial charge in [-0.05, 0) is 32.4 Å². The van der Waals surface area contributed by atoms with Gasteiger partial charge in [0.2, 0.25) is 0 Å². The summed E-state index contributed by atoms with van der Waals surface area (Å²) in [6.07, 6.45) is 2.37. The minimum atomic E-state index is -0.243. The first kappa shape index (κ1) is 17.8. The Morgan fingerprint density at radius 2 is 2.00 bits per heavy atom. The molecule has 3 heterocycles. The second-order valence-electron chi connectivity index (χ2n) is 7.27. The van der Waals surface area contributed by atoms with Crippen molar-refractivity contribution in [1.29, 1.82) is 0 Å². The Kier molecular flexibility index (Phi) is 4.98. The summed E-state index contributed by atoms with van der Waals surface area (Å²) in [5, 5.41) is 14.2. The third kappa shape index (κ3) is 3.90. The standard InChI is InChI=1S/C19H26N6O2/c1-13-11-24(12-14(2)27-13)16-7-4-3-6-15(16)21-19(26)20-10-18-23-22-17-8-5-9-25(17)18/h3-4,6-7,13-14H,5,8-12H2,1-2H3,(H2,20,21,26). The number of para-hydroxylation sites is 2. The molecule has 2 N–H and O–H groups in total. The maximum Gasteiger partial charge on any atom is 0.319 e. The SMILES string of the molecule is CC1CN(c2ccccc2NC(=O)NCc2nnc3n2CCC3)CC(C)O1. The molecule has 8 nitrogen and oxygen atoms in total. The van der Waals surface area contributed by atoms with E-state index in [1.165, 1.54) is 0 Å². The molecule has 0 radical (unpaired) electrons. The molecule has 1 aromatic carbocycles. The zero-order valence-corrected chi connectivity index (χ0v) is 15.8. The molecule has 1 aromatic heterocycles. The Labute approximate surface area is 158 Å². The van der Waals surface area contributed by atoms with Crippen molar-refractivity contribution in [3.05, 3.63) is 35.9 Å². The molecule has 8 heteroatoms. The molecule has 2 unspecified atom stereocenters. The monoisotopic (exact) mass is 370 g/mol. The van der Waals surface area contributed by atoms with Crippen molar-refractivity contribution in [3.63, 3.8) is 0 Å². The molecule has 0 spiro atoms. The fourth-order valence-corrected chi connectivity index (χ4v) is 3.90. The number of amides is 2. The lowest BCUT2D eigenvalue weighted by Crippen LogP contribution is -2.45. The number of benzene rings is 1. The van der Waals surface area contributed by atoms with Gasteiger partial charge in [0.25, 0.3) is 0 Å². The van der Waals surface area contributed by atoms with Crippen LogP contribution < -0.4 is 15.5 Å². The Balaban J connectivity index is 1.41. The Morgan fingerprint density at radius 1 is 1.22 bits per heavy atom. The average Bonchev–Trinajstić information content (AvgIpc) is 3.23. The number of morpholine rings is 1. The predicted molar refractivity (Wildman–Crippen MR) is 103 cm³/mol. The molecular weight excluding hydrogens is 344 g/mol. The normalized spacial score (nSPS) is 21.8. The van der Waals surface area contributed by atoms with E-state index in [0.717, 1.165) is 55.5 Å². The molecule has 2 aliphatic rings. The topological polar surface area (TPSA) is 84.3 Å². The molecule has 2 aromatic rings. The molecule has 2 aliphatic heterocycles. The van der Waals surface area contributed by atoms with Crippen molar-refractivity contribution in [3.8, 4) is 0 Å². The molecule has 0 saturated carbocycles. The average molecular weight is 370 g/mol. The fraction of sp³-hybridized carbons (Fsp3) is 0.526. The third-order valence-corrected chi connectivity index (χ3v) is 5.01. The first-order chi connectivity index (χ1) is 13.1. The van der Waals surface area contributed by atoms with Gasteiger partial charge in [0.1, 0.15) is 5.82 Å². The van der Waals surface area contributed by atoms with Gasteiger partial charge in [0.05, 0.1) is 30.1 Å². The number of fused-ring (bicyclic) bond motifs is 1. The van der Waals surface area contributed by atoms with Crippen LogP contribution in [0.5, 0.6) is 0 Å². The van der Waals surface area contributed by atoms with Gasteiger partial charge >= 0.3 is 6.03 Å². The van der Waals surface area contributed by atoms with Crippen molar-refractivity contribution < 1.29 is 9.53 Å². The number of nitrogens with one attached hydrogen (secondary N) is 2. The fourth-order valence-electron chi connectivity index (χ4n) is 3.90. The number of ether oxygens (including phenoxy) is 1. The largest absolute Gasteiger partial charge is 0.372 e. The lowest BCUT2D eigenvalue weighted by atomic mass is 10.1. The second kappa shape index (κ2) is 7.56. The molecule has 4 rings (SSSR count). The van der Waals surface area contributed by atoms with Crippen LogP contribution in [-0.4, -0.2) is 46.1 Å². The zero-order valence-electron chi connectivity index (χ0n) is 15.8. The number of carbonyl (C=O) groups is 1. The van der Waals surface area contributed by atoms with Crippen molar-refractivity contribution in [1.82, 2.24) is 20.1 Å². The van der Waals surface area contributed by atoms with E-state index in [2.05, 4.69) is 44.1 Å². The summed E-state index contributed by atoms with van der Waals surface area (Å²) >= 11 is 0. The van der Waals surface area contributed by atoms with Gasteiger partial charge in [-0.3, -0.25) is 0 Å². The number of urea groups is 1. The van der Waals surface area contributed by atoms with Gasteiger partial charge < -0.3 is 24.8 Å². The summed E-state index contributed by atoms with van der Waals surface area (Å²) in [6, 6.07) is 7.63. The third-order valence-electron chi connectivity index (χ3n) is 5.01. The van der Waals surface area contributed by atoms with Crippen LogP contribution in [0.2, 0.25) is 0 Å². The molecule has 144 valence electrons. The van der Waals surface area contributed by atoms with Crippen LogP contribution in [0.15, 0.2) is 24.3 Å². The number of aromatic nitrogens is 3. The highest BCUT2D eigenvalue weighted by Gasteiger charge is 2.24. The van der Waals surface area contributed by atoms with Gasteiger partial charge in [-0.2, -0.15) is 0 Å². The molecule has 2 amide bonds. The van der Waals surface area contributed by atoms with E-state index < -0.39 is 0 Å². The van der Waals surface area contributed by atoms with Crippen LogP contribution in [0, 0.1) is 0 Å². The second-order valence-corrected chi connectivity index (χ2v) is 7.27. The van der Waals surface area contributed by atoms with Gasteiger partial charge in [-0.25, -0.2) is 4.79 Å². The van der Waals surface area contributed by atoms with E-state index in [0.29, 0.717) is 6.54 Å². The van der Waals surface area contributed by atoms with Crippen molar-refractivity contribution in [2.45, 2.75) is 52.0 Å². The number of nitrogens with zero attached hydrogens (tertiary/aromatic N) is 4. The summed E-state index contributed by atoms with van der Waals surface area (Å²) in [6.45, 7) is 7.04. The molecule has 1 saturated heterocycles. The van der Waals surface area contributed by atoms with E-state index in [1.54, 1.807) is 0 Å². The molecule has 1 fully saturated rings. The number of hydrogen-bond acceptors (Lipinski definition) is 5. The predicted octanol–water partition coefficient (Wildman–Crippen LogP) is 2.16. The van der Waals surface area contributed by atoms with Crippen molar-refractivity contribution >= 4 is 17.4 Å². The lowest BCUT2D eigenvalue weighted by Gasteiger charge is -2.37. The van der Waals surface area contributed by atoms with E-state index >= 15 is 0 Å². The molecule has 27 heavy (non-hydrogen) atoms. The summed E-state index contributed by atoms with van der Waals surface area (Å²) < 4.78 is 7.91. The van der Waals surface area contributed by atoms with Gasteiger partial charge in [0.15, 0.2) is 5.82 Å². The molecule has 0 aliphatic carbocycles. The van der Waals surface area contributed by atoms with Crippen LogP contribution in [0.4, 0.5) is 16.2 Å². The van der Waals surface area contributed by atoms with E-state index in [4.69, 9.17) is 4.74 Å². The summed E-state index contributed by atoms with van der Waals surface area (Å²) in [5.41, 5.74) is 1.81. The van der Waals surface area contributed by atoms with E-state index in [-0.39, 0.29) is 18.2 Å². The van der Waals surface area contributed by atoms with Crippen LogP contribution >= 0.6 is 0 Å². The maximum absolute atomic E-state index is 12.4. The van der Waals surface area contributed by atoms with Gasteiger partial charge in [-0.15, -0.1) is 10.2 Å². The minimum Gasteiger partial charge on any atom is -0.372 e. The molecule has 2 atom stereocenters. The summed E-state index contributed by atoms with van der Waals surface area (Å²) in [5.74, 6) is 1.81. The zero-order chi connectivity index (χ0) is 18.8. The summed E-state index contributed by atoms with van der Waals surface area (Å²) in [4.78, 5) is 14.7. The lowest BCUT2D eigenvalue weighted by molar-refractivity contribution is -0.00517. The van der Waals surface area contributed by atoms with Crippen molar-refractivity contribution in [2.24, 2.45) is 0 Å². The highest BCUT2D eigenvalue weighted by Crippen LogP contribution is 2.28. The van der Waals surface area contributed by atoms with Crippen LogP contribution in [0.25, 0.3) is 0 Å². The van der Waals surface area contributed by atoms with E-state index in [1.807, 2.05) is 24.3 Å². The Bertz CT molecular complexity index is 810. The number of anilines is 2.